The number of rotatable bonds is 6. The number of furan rings is 1. The zero-order valence-electron chi connectivity index (χ0n) is 16.8. The average Bonchev–Trinajstić information content (AvgIpc) is 3.45. The van der Waals surface area contributed by atoms with Gasteiger partial charge in [0.15, 0.2) is 0 Å². The fourth-order valence-electron chi connectivity index (χ4n) is 3.45. The van der Waals surface area contributed by atoms with E-state index < -0.39 is 0 Å². The maximum Gasteiger partial charge on any atom is 0.255 e. The molecule has 5 nitrogen and oxygen atoms in total. The highest BCUT2D eigenvalue weighted by Gasteiger charge is 2.22. The van der Waals surface area contributed by atoms with Gasteiger partial charge in [0.2, 0.25) is 0 Å². The van der Waals surface area contributed by atoms with Crippen molar-refractivity contribution in [1.82, 2.24) is 14.5 Å². The molecule has 148 valence electrons. The second-order valence-corrected chi connectivity index (χ2v) is 8.15. The van der Waals surface area contributed by atoms with Crippen LogP contribution in [0.5, 0.6) is 0 Å². The lowest BCUT2D eigenvalue weighted by Gasteiger charge is -2.17. The quantitative estimate of drug-likeness (QED) is 0.446. The topological polar surface area (TPSA) is 51.3 Å². The van der Waals surface area contributed by atoms with E-state index in [1.165, 1.54) is 0 Å². The zero-order chi connectivity index (χ0) is 20.4. The molecular formula is C23H23N3O2S. The minimum Gasteiger partial charge on any atom is -0.467 e. The molecular weight excluding hydrogens is 382 g/mol. The van der Waals surface area contributed by atoms with Gasteiger partial charge in [-0.2, -0.15) is 0 Å². The molecule has 0 N–H and O–H groups in total. The van der Waals surface area contributed by atoms with Crippen LogP contribution >= 0.6 is 11.3 Å². The first-order valence-electron chi connectivity index (χ1n) is 9.47. The molecule has 4 aromatic rings. The van der Waals surface area contributed by atoms with Crippen LogP contribution in [-0.2, 0) is 13.1 Å². The number of benzene rings is 1. The standard InChI is InChI=1S/C23H23N3O2S/c1-16-20(23(27)25(3)13-18-8-5-4-6-9-18)12-22(21-15-29-17(2)24-21)26(16)14-19-10-7-11-28-19/h4-12,15H,13-14H2,1-3H3. The summed E-state index contributed by atoms with van der Waals surface area (Å²) in [6.07, 6.45) is 1.67. The minimum atomic E-state index is -0.00208. The Morgan fingerprint density at radius 1 is 1.17 bits per heavy atom. The monoisotopic (exact) mass is 405 g/mol. The third-order valence-electron chi connectivity index (χ3n) is 4.98. The Bertz CT molecular complexity index is 1110. The zero-order valence-corrected chi connectivity index (χ0v) is 17.6. The van der Waals surface area contributed by atoms with Crippen LogP contribution in [0.4, 0.5) is 0 Å². The number of hydrogen-bond donors (Lipinski definition) is 0. The molecule has 3 aromatic heterocycles. The van der Waals surface area contributed by atoms with Gasteiger partial charge >= 0.3 is 0 Å². The predicted octanol–water partition coefficient (Wildman–Crippen LogP) is 5.14. The molecule has 0 aliphatic heterocycles. The van der Waals surface area contributed by atoms with E-state index in [2.05, 4.69) is 9.55 Å². The first-order valence-corrected chi connectivity index (χ1v) is 10.4. The van der Waals surface area contributed by atoms with Crippen LogP contribution in [0, 0.1) is 13.8 Å². The molecule has 0 fully saturated rings. The molecule has 1 amide bonds. The second-order valence-electron chi connectivity index (χ2n) is 7.09. The van der Waals surface area contributed by atoms with Crippen molar-refractivity contribution in [3.05, 3.63) is 87.8 Å². The molecule has 1 aromatic carbocycles. The Morgan fingerprint density at radius 2 is 1.97 bits per heavy atom. The number of nitrogens with zero attached hydrogens (tertiary/aromatic N) is 3. The molecule has 0 bridgehead atoms. The van der Waals surface area contributed by atoms with Gasteiger partial charge in [-0.05, 0) is 37.6 Å². The molecule has 3 heterocycles. The van der Waals surface area contributed by atoms with Crippen LogP contribution in [0.3, 0.4) is 0 Å². The van der Waals surface area contributed by atoms with E-state index in [0.717, 1.165) is 33.4 Å². The van der Waals surface area contributed by atoms with E-state index in [1.54, 1.807) is 22.5 Å². The summed E-state index contributed by atoms with van der Waals surface area (Å²) in [7, 11) is 1.84. The molecule has 0 atom stereocenters. The molecule has 0 unspecified atom stereocenters. The number of amides is 1. The van der Waals surface area contributed by atoms with Crippen LogP contribution in [0.2, 0.25) is 0 Å². The maximum absolute atomic E-state index is 13.2. The molecule has 4 rings (SSSR count). The minimum absolute atomic E-state index is 0.00208. The highest BCUT2D eigenvalue weighted by atomic mass is 32.1. The van der Waals surface area contributed by atoms with Gasteiger partial charge in [-0.1, -0.05) is 30.3 Å². The molecule has 29 heavy (non-hydrogen) atoms. The van der Waals surface area contributed by atoms with Crippen molar-refractivity contribution in [2.45, 2.75) is 26.9 Å². The number of thiazole rings is 1. The number of hydrogen-bond acceptors (Lipinski definition) is 4. The summed E-state index contributed by atoms with van der Waals surface area (Å²) in [4.78, 5) is 19.6. The number of carbonyl (C=O) groups excluding carboxylic acids is 1. The third-order valence-corrected chi connectivity index (χ3v) is 5.76. The summed E-state index contributed by atoms with van der Waals surface area (Å²) in [6.45, 7) is 5.09. The fraction of sp³-hybridized carbons (Fsp3) is 0.217. The first-order chi connectivity index (χ1) is 14.0. The summed E-state index contributed by atoms with van der Waals surface area (Å²) in [5.74, 6) is 0.839. The molecule has 6 heteroatoms. The third kappa shape index (κ3) is 4.03. The van der Waals surface area contributed by atoms with E-state index in [9.17, 15) is 4.79 Å². The van der Waals surface area contributed by atoms with Crippen molar-refractivity contribution >= 4 is 17.2 Å². The Balaban J connectivity index is 1.69. The van der Waals surface area contributed by atoms with Crippen molar-refractivity contribution in [2.24, 2.45) is 0 Å². The SMILES string of the molecule is Cc1nc(-c2cc(C(=O)N(C)Cc3ccccc3)c(C)n2Cc2ccco2)cs1. The van der Waals surface area contributed by atoms with Gasteiger partial charge in [-0.25, -0.2) is 4.98 Å². The van der Waals surface area contributed by atoms with Crippen LogP contribution in [0.15, 0.2) is 64.6 Å². The van der Waals surface area contributed by atoms with Crippen molar-refractivity contribution in [1.29, 1.82) is 0 Å². The summed E-state index contributed by atoms with van der Waals surface area (Å²) >= 11 is 1.60. The lowest BCUT2D eigenvalue weighted by Crippen LogP contribution is -2.26. The molecule has 0 aliphatic carbocycles. The largest absolute Gasteiger partial charge is 0.467 e. The maximum atomic E-state index is 13.2. The lowest BCUT2D eigenvalue weighted by atomic mass is 10.1. The lowest BCUT2D eigenvalue weighted by molar-refractivity contribution is 0.0784. The van der Waals surface area contributed by atoms with E-state index in [4.69, 9.17) is 4.42 Å². The van der Waals surface area contributed by atoms with E-state index in [-0.39, 0.29) is 5.91 Å². The Hall–Kier alpha value is -3.12. The van der Waals surface area contributed by atoms with Gasteiger partial charge in [0, 0.05) is 24.7 Å². The van der Waals surface area contributed by atoms with Crippen molar-refractivity contribution in [3.8, 4) is 11.4 Å². The van der Waals surface area contributed by atoms with Crippen LogP contribution in [0.1, 0.15) is 32.4 Å². The molecule has 0 spiro atoms. The summed E-state index contributed by atoms with van der Waals surface area (Å²) in [5.41, 5.74) is 4.51. The van der Waals surface area contributed by atoms with Crippen molar-refractivity contribution < 1.29 is 9.21 Å². The number of aromatic nitrogens is 2. The van der Waals surface area contributed by atoms with Gasteiger partial charge in [0.25, 0.3) is 5.91 Å². The van der Waals surface area contributed by atoms with E-state index in [1.807, 2.05) is 74.8 Å². The van der Waals surface area contributed by atoms with Gasteiger partial charge in [-0.3, -0.25) is 4.79 Å². The Kier molecular flexibility index (Phi) is 5.36. The average molecular weight is 406 g/mol. The summed E-state index contributed by atoms with van der Waals surface area (Å²) in [6, 6.07) is 15.8. The van der Waals surface area contributed by atoms with Gasteiger partial charge in [0.05, 0.1) is 34.8 Å². The fourth-order valence-corrected chi connectivity index (χ4v) is 4.06. The summed E-state index contributed by atoms with van der Waals surface area (Å²) < 4.78 is 7.66. The van der Waals surface area contributed by atoms with Gasteiger partial charge in [0.1, 0.15) is 5.76 Å². The Morgan fingerprint density at radius 3 is 2.62 bits per heavy atom. The van der Waals surface area contributed by atoms with Crippen LogP contribution < -0.4 is 0 Å². The highest BCUT2D eigenvalue weighted by Crippen LogP contribution is 2.29. The van der Waals surface area contributed by atoms with Crippen LogP contribution in [0.25, 0.3) is 11.4 Å². The molecule has 0 saturated heterocycles. The normalized spacial score (nSPS) is 11.0. The van der Waals surface area contributed by atoms with E-state index >= 15 is 0 Å². The number of aryl methyl sites for hydroxylation is 1. The van der Waals surface area contributed by atoms with E-state index in [0.29, 0.717) is 18.7 Å². The smallest absolute Gasteiger partial charge is 0.255 e. The molecule has 0 radical (unpaired) electrons. The molecule has 0 aliphatic rings. The van der Waals surface area contributed by atoms with Crippen molar-refractivity contribution in [3.63, 3.8) is 0 Å². The highest BCUT2D eigenvalue weighted by molar-refractivity contribution is 7.09. The van der Waals surface area contributed by atoms with Crippen molar-refractivity contribution in [2.75, 3.05) is 7.05 Å². The van der Waals surface area contributed by atoms with Gasteiger partial charge in [-0.15, -0.1) is 11.3 Å². The predicted molar refractivity (Wildman–Crippen MR) is 115 cm³/mol. The first kappa shape index (κ1) is 19.2. The van der Waals surface area contributed by atoms with Crippen LogP contribution in [-0.4, -0.2) is 27.4 Å². The molecule has 0 saturated carbocycles. The summed E-state index contributed by atoms with van der Waals surface area (Å²) in [5, 5.41) is 3.03. The second kappa shape index (κ2) is 8.09. The number of carbonyl (C=O) groups is 1. The van der Waals surface area contributed by atoms with Gasteiger partial charge < -0.3 is 13.9 Å². The Labute approximate surface area is 174 Å².